The van der Waals surface area contributed by atoms with Gasteiger partial charge < -0.3 is 15.4 Å². The summed E-state index contributed by atoms with van der Waals surface area (Å²) in [6, 6.07) is 5.13. The third-order valence-corrected chi connectivity index (χ3v) is 2.94. The number of benzene rings is 1. The number of aryl methyl sites for hydroxylation is 1. The minimum atomic E-state index is -0.428. The predicted octanol–water partition coefficient (Wildman–Crippen LogP) is 0.0301. The van der Waals surface area contributed by atoms with Crippen LogP contribution in [0.3, 0.4) is 0 Å². The van der Waals surface area contributed by atoms with E-state index in [1.54, 1.807) is 13.2 Å². The van der Waals surface area contributed by atoms with E-state index >= 15 is 0 Å². The highest BCUT2D eigenvalue weighted by Gasteiger charge is 2.24. The normalized spacial score (nSPS) is 18.6. The number of hydrogen-bond donors (Lipinski definition) is 3. The molecular formula is C13H17N3O3. The third kappa shape index (κ3) is 3.23. The lowest BCUT2D eigenvalue weighted by molar-refractivity contribution is -0.124. The van der Waals surface area contributed by atoms with Gasteiger partial charge in [-0.2, -0.15) is 0 Å². The Balaban J connectivity index is 2.06. The van der Waals surface area contributed by atoms with Crippen LogP contribution in [0.25, 0.3) is 0 Å². The molecule has 2 amide bonds. The Hall–Kier alpha value is -2.08. The van der Waals surface area contributed by atoms with Crippen LogP contribution in [-0.4, -0.2) is 38.1 Å². The highest BCUT2D eigenvalue weighted by Crippen LogP contribution is 2.25. The Bertz CT molecular complexity index is 492. The molecule has 1 unspecified atom stereocenters. The summed E-state index contributed by atoms with van der Waals surface area (Å²) < 4.78 is 5.20. The molecule has 102 valence electrons. The molecule has 1 heterocycles. The minimum absolute atomic E-state index is 0.0998. The van der Waals surface area contributed by atoms with Crippen molar-refractivity contribution in [1.29, 1.82) is 0 Å². The maximum absolute atomic E-state index is 12.1. The number of anilines is 1. The van der Waals surface area contributed by atoms with Crippen molar-refractivity contribution in [3.63, 3.8) is 0 Å². The van der Waals surface area contributed by atoms with Crippen molar-refractivity contribution in [2.75, 3.05) is 25.5 Å². The van der Waals surface area contributed by atoms with Crippen LogP contribution in [0.4, 0.5) is 5.69 Å². The average Bonchev–Trinajstić information content (AvgIpc) is 2.39. The Labute approximate surface area is 111 Å². The van der Waals surface area contributed by atoms with Gasteiger partial charge in [-0.3, -0.25) is 14.9 Å². The first-order valence-corrected chi connectivity index (χ1v) is 6.05. The lowest BCUT2D eigenvalue weighted by atomic mass is 10.1. The Morgan fingerprint density at radius 2 is 2.26 bits per heavy atom. The molecule has 1 saturated heterocycles. The molecule has 6 heteroatoms. The van der Waals surface area contributed by atoms with Crippen LogP contribution in [0.15, 0.2) is 18.2 Å². The highest BCUT2D eigenvalue weighted by atomic mass is 16.5. The van der Waals surface area contributed by atoms with Gasteiger partial charge in [-0.05, 0) is 24.6 Å². The fraction of sp³-hybridized carbons (Fsp3) is 0.385. The second-order valence-electron chi connectivity index (χ2n) is 4.43. The summed E-state index contributed by atoms with van der Waals surface area (Å²) in [7, 11) is 1.55. The zero-order chi connectivity index (χ0) is 13.8. The van der Waals surface area contributed by atoms with Gasteiger partial charge in [0.15, 0.2) is 0 Å². The fourth-order valence-electron chi connectivity index (χ4n) is 1.89. The van der Waals surface area contributed by atoms with Gasteiger partial charge >= 0.3 is 0 Å². The minimum Gasteiger partial charge on any atom is -0.495 e. The molecule has 1 fully saturated rings. The van der Waals surface area contributed by atoms with Gasteiger partial charge in [-0.15, -0.1) is 0 Å². The molecule has 0 aliphatic carbocycles. The van der Waals surface area contributed by atoms with Gasteiger partial charge in [0.05, 0.1) is 19.3 Å². The number of amides is 2. The van der Waals surface area contributed by atoms with E-state index in [4.69, 9.17) is 4.74 Å². The van der Waals surface area contributed by atoms with E-state index in [1.165, 1.54) is 0 Å². The SMILES string of the molecule is COc1ccc(C)cc1NC(=O)C1CNC(=O)CN1. The first-order chi connectivity index (χ1) is 9.10. The van der Waals surface area contributed by atoms with Gasteiger partial charge in [0.25, 0.3) is 0 Å². The summed E-state index contributed by atoms with van der Waals surface area (Å²) in [4.78, 5) is 23.1. The van der Waals surface area contributed by atoms with Crippen molar-refractivity contribution in [1.82, 2.24) is 10.6 Å². The standard InChI is InChI=1S/C13H17N3O3/c1-8-3-4-11(19-2)9(5-8)16-13(18)10-6-15-12(17)7-14-10/h3-5,10,14H,6-7H2,1-2H3,(H,15,17)(H,16,18). The van der Waals surface area contributed by atoms with Crippen molar-refractivity contribution in [3.05, 3.63) is 23.8 Å². The monoisotopic (exact) mass is 263 g/mol. The number of ether oxygens (including phenoxy) is 1. The molecule has 19 heavy (non-hydrogen) atoms. The van der Waals surface area contributed by atoms with E-state index in [0.717, 1.165) is 5.56 Å². The lowest BCUT2D eigenvalue weighted by Gasteiger charge is -2.23. The molecule has 0 bridgehead atoms. The average molecular weight is 263 g/mol. The van der Waals surface area contributed by atoms with Gasteiger partial charge in [0.1, 0.15) is 11.8 Å². The van der Waals surface area contributed by atoms with E-state index < -0.39 is 6.04 Å². The molecule has 0 radical (unpaired) electrons. The van der Waals surface area contributed by atoms with E-state index in [1.807, 2.05) is 19.1 Å². The molecule has 6 nitrogen and oxygen atoms in total. The number of nitrogens with one attached hydrogen (secondary N) is 3. The van der Waals surface area contributed by atoms with Crippen LogP contribution >= 0.6 is 0 Å². The van der Waals surface area contributed by atoms with Crippen LogP contribution in [-0.2, 0) is 9.59 Å². The molecule has 0 saturated carbocycles. The van der Waals surface area contributed by atoms with Gasteiger partial charge in [-0.1, -0.05) is 6.07 Å². The maximum atomic E-state index is 12.1. The third-order valence-electron chi connectivity index (χ3n) is 2.94. The number of hydrogen-bond acceptors (Lipinski definition) is 4. The summed E-state index contributed by atoms with van der Waals surface area (Å²) in [5, 5.41) is 8.33. The molecule has 1 aliphatic rings. The van der Waals surface area contributed by atoms with Crippen LogP contribution in [0.2, 0.25) is 0 Å². The van der Waals surface area contributed by atoms with Crippen molar-refractivity contribution in [2.24, 2.45) is 0 Å². The number of carbonyl (C=O) groups excluding carboxylic acids is 2. The van der Waals surface area contributed by atoms with Gasteiger partial charge in [0, 0.05) is 6.54 Å². The van der Waals surface area contributed by atoms with Crippen molar-refractivity contribution >= 4 is 17.5 Å². The summed E-state index contributed by atoms with van der Waals surface area (Å²) in [6.45, 7) is 2.38. The zero-order valence-electron chi connectivity index (χ0n) is 10.9. The number of piperazine rings is 1. The van der Waals surface area contributed by atoms with E-state index in [0.29, 0.717) is 18.0 Å². The van der Waals surface area contributed by atoms with Crippen LogP contribution in [0.1, 0.15) is 5.56 Å². The smallest absolute Gasteiger partial charge is 0.243 e. The largest absolute Gasteiger partial charge is 0.495 e. The molecule has 1 aliphatic heterocycles. The lowest BCUT2D eigenvalue weighted by Crippen LogP contribution is -2.56. The van der Waals surface area contributed by atoms with E-state index in [2.05, 4.69) is 16.0 Å². The first kappa shape index (κ1) is 13.4. The molecule has 1 aromatic carbocycles. The molecule has 2 rings (SSSR count). The van der Waals surface area contributed by atoms with E-state index in [9.17, 15) is 9.59 Å². The van der Waals surface area contributed by atoms with E-state index in [-0.39, 0.29) is 18.4 Å². The number of methoxy groups -OCH3 is 1. The van der Waals surface area contributed by atoms with Crippen LogP contribution in [0, 0.1) is 6.92 Å². The van der Waals surface area contributed by atoms with Crippen molar-refractivity contribution < 1.29 is 14.3 Å². The van der Waals surface area contributed by atoms with Crippen molar-refractivity contribution in [3.8, 4) is 5.75 Å². The molecule has 1 atom stereocenters. The number of carbonyl (C=O) groups is 2. The van der Waals surface area contributed by atoms with Gasteiger partial charge in [0.2, 0.25) is 11.8 Å². The second-order valence-corrected chi connectivity index (χ2v) is 4.43. The Kier molecular flexibility index (Phi) is 4.01. The number of rotatable bonds is 3. The molecule has 3 N–H and O–H groups in total. The second kappa shape index (κ2) is 5.71. The molecule has 1 aromatic rings. The fourth-order valence-corrected chi connectivity index (χ4v) is 1.89. The maximum Gasteiger partial charge on any atom is 0.243 e. The summed E-state index contributed by atoms with van der Waals surface area (Å²) >= 11 is 0. The van der Waals surface area contributed by atoms with Crippen LogP contribution in [0.5, 0.6) is 5.75 Å². The quantitative estimate of drug-likeness (QED) is 0.719. The Morgan fingerprint density at radius 3 is 2.89 bits per heavy atom. The van der Waals surface area contributed by atoms with Crippen molar-refractivity contribution in [2.45, 2.75) is 13.0 Å². The molecule has 0 spiro atoms. The van der Waals surface area contributed by atoms with Crippen LogP contribution < -0.4 is 20.7 Å². The Morgan fingerprint density at radius 1 is 1.47 bits per heavy atom. The zero-order valence-corrected chi connectivity index (χ0v) is 10.9. The molecular weight excluding hydrogens is 246 g/mol. The first-order valence-electron chi connectivity index (χ1n) is 6.05. The summed E-state index contributed by atoms with van der Waals surface area (Å²) in [5.74, 6) is 0.319. The topological polar surface area (TPSA) is 79.5 Å². The molecule has 0 aromatic heterocycles. The summed E-state index contributed by atoms with van der Waals surface area (Å²) in [6.07, 6.45) is 0. The summed E-state index contributed by atoms with van der Waals surface area (Å²) in [5.41, 5.74) is 1.66. The van der Waals surface area contributed by atoms with Gasteiger partial charge in [-0.25, -0.2) is 0 Å². The highest BCUT2D eigenvalue weighted by molar-refractivity contribution is 5.97. The predicted molar refractivity (Wildman–Crippen MR) is 71.2 cm³/mol.